The van der Waals surface area contributed by atoms with Crippen molar-refractivity contribution in [2.45, 2.75) is 56.3 Å². The van der Waals surface area contributed by atoms with Gasteiger partial charge in [0.2, 0.25) is 21.8 Å². The number of benzene rings is 1. The van der Waals surface area contributed by atoms with Crippen molar-refractivity contribution >= 4 is 21.8 Å². The second-order valence-electron chi connectivity index (χ2n) is 9.24. The summed E-state index contributed by atoms with van der Waals surface area (Å²) in [6.45, 7) is 2.08. The second kappa shape index (κ2) is 7.43. The zero-order valence-corrected chi connectivity index (χ0v) is 18.1. The van der Waals surface area contributed by atoms with Gasteiger partial charge in [0.1, 0.15) is 0 Å². The SMILES string of the molecule is O=C1CC2(CCCC2)C(=O)N1CN1CCN(S(=O)(=O)c2ccc3c(c2)CCC3)CC1. The van der Waals surface area contributed by atoms with Crippen molar-refractivity contribution in [3.05, 3.63) is 29.3 Å². The van der Waals surface area contributed by atoms with Crippen molar-refractivity contribution in [2.75, 3.05) is 32.8 Å². The number of nitrogens with zero attached hydrogens (tertiary/aromatic N) is 3. The Morgan fingerprint density at radius 1 is 0.900 bits per heavy atom. The molecule has 0 aromatic heterocycles. The van der Waals surface area contributed by atoms with Gasteiger partial charge < -0.3 is 0 Å². The second-order valence-corrected chi connectivity index (χ2v) is 11.2. The van der Waals surface area contributed by atoms with Gasteiger partial charge in [-0.3, -0.25) is 19.4 Å². The Kier molecular flexibility index (Phi) is 4.99. The van der Waals surface area contributed by atoms with Crippen molar-refractivity contribution in [3.63, 3.8) is 0 Å². The maximum absolute atomic E-state index is 13.1. The number of likely N-dealkylation sites (tertiary alicyclic amines) is 1. The quantitative estimate of drug-likeness (QED) is 0.679. The molecule has 0 radical (unpaired) electrons. The normalized spacial score (nSPS) is 24.9. The van der Waals surface area contributed by atoms with E-state index in [-0.39, 0.29) is 18.5 Å². The summed E-state index contributed by atoms with van der Waals surface area (Å²) in [6, 6.07) is 5.52. The average molecular weight is 432 g/mol. The first-order valence-electron chi connectivity index (χ1n) is 11.1. The highest BCUT2D eigenvalue weighted by Crippen LogP contribution is 2.46. The number of hydrogen-bond acceptors (Lipinski definition) is 5. The molecule has 1 aromatic rings. The van der Waals surface area contributed by atoms with E-state index in [0.29, 0.717) is 37.5 Å². The highest BCUT2D eigenvalue weighted by Gasteiger charge is 2.52. The molecule has 0 N–H and O–H groups in total. The Morgan fingerprint density at radius 3 is 2.33 bits per heavy atom. The van der Waals surface area contributed by atoms with Crippen LogP contribution in [0.5, 0.6) is 0 Å². The molecule has 2 aliphatic heterocycles. The minimum absolute atomic E-state index is 0.0156. The third-order valence-electron chi connectivity index (χ3n) is 7.43. The van der Waals surface area contributed by atoms with Gasteiger partial charge in [-0.15, -0.1) is 0 Å². The molecule has 3 fully saturated rings. The van der Waals surface area contributed by atoms with E-state index >= 15 is 0 Å². The number of piperazine rings is 1. The van der Waals surface area contributed by atoms with Crippen LogP contribution in [0.25, 0.3) is 0 Å². The van der Waals surface area contributed by atoms with Crippen LogP contribution in [0.15, 0.2) is 23.1 Å². The van der Waals surface area contributed by atoms with Crippen LogP contribution in [-0.2, 0) is 32.5 Å². The van der Waals surface area contributed by atoms with Gasteiger partial charge in [0.05, 0.1) is 17.0 Å². The first kappa shape index (κ1) is 20.2. The lowest BCUT2D eigenvalue weighted by Gasteiger charge is -2.35. The number of sulfonamides is 1. The van der Waals surface area contributed by atoms with E-state index < -0.39 is 15.4 Å². The van der Waals surface area contributed by atoms with Gasteiger partial charge in [-0.05, 0) is 55.4 Å². The minimum Gasteiger partial charge on any atom is -0.283 e. The molecule has 2 aliphatic carbocycles. The van der Waals surface area contributed by atoms with E-state index in [0.717, 1.165) is 50.5 Å². The highest BCUT2D eigenvalue weighted by atomic mass is 32.2. The van der Waals surface area contributed by atoms with Crippen LogP contribution in [0.4, 0.5) is 0 Å². The van der Waals surface area contributed by atoms with Crippen molar-refractivity contribution in [1.82, 2.24) is 14.1 Å². The summed E-state index contributed by atoms with van der Waals surface area (Å²) >= 11 is 0. The van der Waals surface area contributed by atoms with E-state index in [2.05, 4.69) is 0 Å². The van der Waals surface area contributed by atoms with Crippen LogP contribution in [-0.4, -0.2) is 67.2 Å². The largest absolute Gasteiger partial charge is 0.283 e. The van der Waals surface area contributed by atoms with E-state index in [1.807, 2.05) is 17.0 Å². The number of rotatable bonds is 4. The van der Waals surface area contributed by atoms with Crippen molar-refractivity contribution in [2.24, 2.45) is 5.41 Å². The van der Waals surface area contributed by atoms with Crippen molar-refractivity contribution < 1.29 is 18.0 Å². The van der Waals surface area contributed by atoms with Crippen LogP contribution >= 0.6 is 0 Å². The minimum atomic E-state index is -3.51. The predicted molar refractivity (Wildman–Crippen MR) is 111 cm³/mol. The molecule has 1 saturated carbocycles. The first-order chi connectivity index (χ1) is 14.4. The fraction of sp³-hybridized carbons (Fsp3) is 0.636. The van der Waals surface area contributed by atoms with Gasteiger partial charge in [-0.2, -0.15) is 4.31 Å². The molecule has 0 bridgehead atoms. The Balaban J connectivity index is 1.22. The molecule has 2 heterocycles. The molecule has 7 nitrogen and oxygen atoms in total. The molecular formula is C22H29N3O4S. The van der Waals surface area contributed by atoms with Crippen LogP contribution in [0.3, 0.4) is 0 Å². The van der Waals surface area contributed by atoms with Crippen molar-refractivity contribution in [3.8, 4) is 0 Å². The molecule has 4 aliphatic rings. The maximum atomic E-state index is 13.1. The average Bonchev–Trinajstić information content (AvgIpc) is 3.45. The summed E-state index contributed by atoms with van der Waals surface area (Å²) in [5.41, 5.74) is 1.97. The summed E-state index contributed by atoms with van der Waals surface area (Å²) in [7, 11) is -3.51. The lowest BCUT2D eigenvalue weighted by Crippen LogP contribution is -2.52. The fourth-order valence-corrected chi connectivity index (χ4v) is 7.09. The van der Waals surface area contributed by atoms with Crippen LogP contribution in [0.1, 0.15) is 49.7 Å². The van der Waals surface area contributed by atoms with Gasteiger partial charge in [0, 0.05) is 32.6 Å². The Morgan fingerprint density at radius 2 is 1.60 bits per heavy atom. The zero-order chi connectivity index (χ0) is 20.9. The fourth-order valence-electron chi connectivity index (χ4n) is 5.61. The lowest BCUT2D eigenvalue weighted by atomic mass is 9.85. The number of imide groups is 1. The molecule has 8 heteroatoms. The molecule has 162 valence electrons. The number of carbonyl (C=O) groups is 2. The summed E-state index contributed by atoms with van der Waals surface area (Å²) in [5.74, 6) is -0.0896. The van der Waals surface area contributed by atoms with Crippen LogP contribution in [0.2, 0.25) is 0 Å². The topological polar surface area (TPSA) is 78.0 Å². The van der Waals surface area contributed by atoms with Gasteiger partial charge in [0.15, 0.2) is 0 Å². The van der Waals surface area contributed by atoms with Crippen LogP contribution in [0, 0.1) is 5.41 Å². The first-order valence-corrected chi connectivity index (χ1v) is 12.5. The monoisotopic (exact) mass is 431 g/mol. The molecule has 1 spiro atoms. The number of aryl methyl sites for hydroxylation is 2. The van der Waals surface area contributed by atoms with Gasteiger partial charge >= 0.3 is 0 Å². The Labute approximate surface area is 178 Å². The van der Waals surface area contributed by atoms with E-state index in [9.17, 15) is 18.0 Å². The molecule has 0 atom stereocenters. The number of hydrogen-bond donors (Lipinski definition) is 0. The molecule has 2 saturated heterocycles. The number of amides is 2. The van der Waals surface area contributed by atoms with Crippen molar-refractivity contribution in [1.29, 1.82) is 0 Å². The number of carbonyl (C=O) groups excluding carboxylic acids is 2. The molecular weight excluding hydrogens is 402 g/mol. The molecule has 30 heavy (non-hydrogen) atoms. The molecule has 1 aromatic carbocycles. The van der Waals surface area contributed by atoms with E-state index in [1.165, 1.54) is 14.8 Å². The Bertz CT molecular complexity index is 976. The van der Waals surface area contributed by atoms with E-state index in [4.69, 9.17) is 0 Å². The van der Waals surface area contributed by atoms with E-state index in [1.54, 1.807) is 6.07 Å². The standard InChI is InChI=1S/C22H29N3O4S/c26-20-15-22(8-1-2-9-22)21(27)25(20)16-23-10-12-24(13-11-23)30(28,29)19-7-6-17-4-3-5-18(17)14-19/h6-7,14H,1-5,8-13,15-16H2. The Hall–Kier alpha value is -1.77. The third kappa shape index (κ3) is 3.29. The molecule has 2 amide bonds. The predicted octanol–water partition coefficient (Wildman–Crippen LogP) is 1.76. The maximum Gasteiger partial charge on any atom is 0.243 e. The molecule has 0 unspecified atom stereocenters. The summed E-state index contributed by atoms with van der Waals surface area (Å²) in [5, 5.41) is 0. The van der Waals surface area contributed by atoms with Gasteiger partial charge in [-0.1, -0.05) is 18.9 Å². The molecule has 5 rings (SSSR count). The zero-order valence-electron chi connectivity index (χ0n) is 17.3. The van der Waals surface area contributed by atoms with Crippen LogP contribution < -0.4 is 0 Å². The summed E-state index contributed by atoms with van der Waals surface area (Å²) in [6.07, 6.45) is 7.10. The lowest BCUT2D eigenvalue weighted by molar-refractivity contribution is -0.144. The number of fused-ring (bicyclic) bond motifs is 1. The third-order valence-corrected chi connectivity index (χ3v) is 9.33. The van der Waals surface area contributed by atoms with Gasteiger partial charge in [-0.25, -0.2) is 8.42 Å². The summed E-state index contributed by atoms with van der Waals surface area (Å²) < 4.78 is 27.7. The summed E-state index contributed by atoms with van der Waals surface area (Å²) in [4.78, 5) is 29.2. The van der Waals surface area contributed by atoms with Gasteiger partial charge in [0.25, 0.3) is 0 Å². The highest BCUT2D eigenvalue weighted by molar-refractivity contribution is 7.89. The smallest absolute Gasteiger partial charge is 0.243 e.